The molecule has 1 aliphatic heterocycles. The predicted octanol–water partition coefficient (Wildman–Crippen LogP) is 0.732. The van der Waals surface area contributed by atoms with Gasteiger partial charge in [-0.05, 0) is 12.1 Å². The van der Waals surface area contributed by atoms with Gasteiger partial charge in [0, 0.05) is 52.6 Å². The first-order valence-electron chi connectivity index (χ1n) is 8.52. The zero-order valence-electron chi connectivity index (χ0n) is 15.3. The summed E-state index contributed by atoms with van der Waals surface area (Å²) in [5.74, 6) is 0.120. The lowest BCUT2D eigenvalue weighted by Crippen LogP contribution is -2.36. The van der Waals surface area contributed by atoms with Gasteiger partial charge >= 0.3 is 0 Å². The van der Waals surface area contributed by atoms with Crippen LogP contribution in [-0.2, 0) is 24.8 Å². The summed E-state index contributed by atoms with van der Waals surface area (Å²) in [6.07, 6.45) is 2.27. The third-order valence-corrected chi connectivity index (χ3v) is 4.60. The van der Waals surface area contributed by atoms with E-state index in [-0.39, 0.29) is 11.8 Å². The van der Waals surface area contributed by atoms with Gasteiger partial charge in [-0.2, -0.15) is 0 Å². The van der Waals surface area contributed by atoms with Crippen molar-refractivity contribution >= 4 is 11.8 Å². The van der Waals surface area contributed by atoms with Crippen LogP contribution in [0.15, 0.2) is 24.4 Å². The number of hydrogen-bond acceptors (Lipinski definition) is 5. The molecule has 0 aliphatic carbocycles. The van der Waals surface area contributed by atoms with Gasteiger partial charge in [-0.3, -0.25) is 14.6 Å². The van der Waals surface area contributed by atoms with Gasteiger partial charge in [0.25, 0.3) is 11.8 Å². The number of amides is 2. The summed E-state index contributed by atoms with van der Waals surface area (Å²) < 4.78 is 6.86. The standard InChI is InChI=1S/C18H23N5O3/c1-21(10-11-26-3)18(25)16-20-14-12-23(9-7-15(14)22(16)2)17(24)13-6-4-5-8-19-13/h4-6,8H,7,9-12H2,1-3H3. The van der Waals surface area contributed by atoms with Gasteiger partial charge in [-0.15, -0.1) is 0 Å². The molecule has 0 atom stereocenters. The van der Waals surface area contributed by atoms with E-state index in [1.165, 1.54) is 0 Å². The molecule has 0 spiro atoms. The van der Waals surface area contributed by atoms with Crippen LogP contribution in [0.1, 0.15) is 32.5 Å². The molecule has 0 N–H and O–H groups in total. The molecular formula is C18H23N5O3. The van der Waals surface area contributed by atoms with Gasteiger partial charge in [0.15, 0.2) is 5.82 Å². The first-order chi connectivity index (χ1) is 12.5. The maximum atomic E-state index is 12.6. The van der Waals surface area contributed by atoms with Crippen LogP contribution in [0.5, 0.6) is 0 Å². The molecule has 0 saturated heterocycles. The Morgan fingerprint density at radius 2 is 2.15 bits per heavy atom. The van der Waals surface area contributed by atoms with E-state index in [9.17, 15) is 9.59 Å². The van der Waals surface area contributed by atoms with E-state index in [1.54, 1.807) is 48.4 Å². The number of carbonyl (C=O) groups is 2. The molecule has 8 heteroatoms. The maximum Gasteiger partial charge on any atom is 0.289 e. The summed E-state index contributed by atoms with van der Waals surface area (Å²) in [7, 11) is 5.18. The Balaban J connectivity index is 1.78. The highest BCUT2D eigenvalue weighted by molar-refractivity contribution is 5.93. The number of aromatic nitrogens is 3. The number of rotatable bonds is 5. The molecule has 0 aromatic carbocycles. The molecule has 3 rings (SSSR count). The van der Waals surface area contributed by atoms with Crippen LogP contribution < -0.4 is 0 Å². The van der Waals surface area contributed by atoms with Crippen LogP contribution in [0.25, 0.3) is 0 Å². The van der Waals surface area contributed by atoms with Gasteiger partial charge in [-0.1, -0.05) is 6.07 Å². The van der Waals surface area contributed by atoms with E-state index in [0.29, 0.717) is 44.2 Å². The first kappa shape index (κ1) is 18.1. The summed E-state index contributed by atoms with van der Waals surface area (Å²) in [6.45, 7) is 1.93. The van der Waals surface area contributed by atoms with E-state index in [4.69, 9.17) is 4.74 Å². The molecule has 138 valence electrons. The summed E-state index contributed by atoms with van der Waals surface area (Å²) >= 11 is 0. The van der Waals surface area contributed by atoms with E-state index in [1.807, 2.05) is 11.6 Å². The summed E-state index contributed by atoms with van der Waals surface area (Å²) in [5, 5.41) is 0. The lowest BCUT2D eigenvalue weighted by atomic mass is 10.1. The third kappa shape index (κ3) is 3.45. The Kier molecular flexibility index (Phi) is 5.32. The highest BCUT2D eigenvalue weighted by atomic mass is 16.5. The number of imidazole rings is 1. The third-order valence-electron chi connectivity index (χ3n) is 4.60. The van der Waals surface area contributed by atoms with E-state index >= 15 is 0 Å². The lowest BCUT2D eigenvalue weighted by Gasteiger charge is -2.26. The zero-order chi connectivity index (χ0) is 18.7. The fraction of sp³-hybridized carbons (Fsp3) is 0.444. The van der Waals surface area contributed by atoms with Gasteiger partial charge < -0.3 is 19.1 Å². The van der Waals surface area contributed by atoms with E-state index in [2.05, 4.69) is 9.97 Å². The van der Waals surface area contributed by atoms with Gasteiger partial charge in [0.2, 0.25) is 0 Å². The van der Waals surface area contributed by atoms with Crippen molar-refractivity contribution in [3.8, 4) is 0 Å². The lowest BCUT2D eigenvalue weighted by molar-refractivity contribution is 0.0721. The summed E-state index contributed by atoms with van der Waals surface area (Å²) in [6, 6.07) is 5.28. The molecule has 1 aliphatic rings. The minimum absolute atomic E-state index is 0.119. The second-order valence-electron chi connectivity index (χ2n) is 6.30. The van der Waals surface area contributed by atoms with Crippen molar-refractivity contribution in [2.24, 2.45) is 7.05 Å². The van der Waals surface area contributed by atoms with Crippen LogP contribution in [0.4, 0.5) is 0 Å². The number of nitrogens with zero attached hydrogens (tertiary/aromatic N) is 5. The van der Waals surface area contributed by atoms with Crippen molar-refractivity contribution < 1.29 is 14.3 Å². The number of likely N-dealkylation sites (N-methyl/N-ethyl adjacent to an activating group) is 1. The van der Waals surface area contributed by atoms with Crippen molar-refractivity contribution in [3.63, 3.8) is 0 Å². The van der Waals surface area contributed by atoms with Crippen LogP contribution in [0, 0.1) is 0 Å². The topological polar surface area (TPSA) is 80.6 Å². The van der Waals surface area contributed by atoms with Crippen LogP contribution in [0.3, 0.4) is 0 Å². The van der Waals surface area contributed by atoms with E-state index in [0.717, 1.165) is 11.4 Å². The fourth-order valence-corrected chi connectivity index (χ4v) is 3.04. The Hall–Kier alpha value is -2.74. The minimum atomic E-state index is -0.151. The zero-order valence-corrected chi connectivity index (χ0v) is 15.3. The summed E-state index contributed by atoms with van der Waals surface area (Å²) in [4.78, 5) is 37.2. The molecule has 0 saturated carbocycles. The molecule has 2 aromatic heterocycles. The van der Waals surface area contributed by atoms with Gasteiger partial charge in [-0.25, -0.2) is 4.98 Å². The van der Waals surface area contributed by atoms with Crippen molar-refractivity contribution in [1.82, 2.24) is 24.3 Å². The van der Waals surface area contributed by atoms with Crippen molar-refractivity contribution in [2.75, 3.05) is 33.9 Å². The molecule has 26 heavy (non-hydrogen) atoms. The smallest absolute Gasteiger partial charge is 0.289 e. The average Bonchev–Trinajstić information content (AvgIpc) is 3.01. The predicted molar refractivity (Wildman–Crippen MR) is 94.7 cm³/mol. The molecule has 0 radical (unpaired) electrons. The molecule has 2 amide bonds. The monoisotopic (exact) mass is 357 g/mol. The minimum Gasteiger partial charge on any atom is -0.383 e. The van der Waals surface area contributed by atoms with Gasteiger partial charge in [0.1, 0.15) is 5.69 Å². The molecule has 0 unspecified atom stereocenters. The highest BCUT2D eigenvalue weighted by Crippen LogP contribution is 2.21. The number of hydrogen-bond donors (Lipinski definition) is 0. The maximum absolute atomic E-state index is 12.6. The molecular weight excluding hydrogens is 334 g/mol. The molecule has 2 aromatic rings. The van der Waals surface area contributed by atoms with Crippen molar-refractivity contribution in [1.29, 1.82) is 0 Å². The molecule has 8 nitrogen and oxygen atoms in total. The largest absolute Gasteiger partial charge is 0.383 e. The van der Waals surface area contributed by atoms with Crippen LogP contribution >= 0.6 is 0 Å². The van der Waals surface area contributed by atoms with Crippen molar-refractivity contribution in [3.05, 3.63) is 47.3 Å². The Morgan fingerprint density at radius 1 is 1.35 bits per heavy atom. The Bertz CT molecular complexity index is 803. The Morgan fingerprint density at radius 3 is 2.85 bits per heavy atom. The van der Waals surface area contributed by atoms with Crippen LogP contribution in [-0.4, -0.2) is 70.0 Å². The SMILES string of the molecule is COCCN(C)C(=O)c1nc2c(n1C)CCN(C(=O)c1ccccn1)C2. The number of carbonyl (C=O) groups excluding carboxylic acids is 2. The number of methoxy groups -OCH3 is 1. The second kappa shape index (κ2) is 7.65. The van der Waals surface area contributed by atoms with E-state index < -0.39 is 0 Å². The first-order valence-corrected chi connectivity index (χ1v) is 8.52. The molecule has 3 heterocycles. The Labute approximate surface area is 152 Å². The van der Waals surface area contributed by atoms with Gasteiger partial charge in [0.05, 0.1) is 18.8 Å². The molecule has 0 bridgehead atoms. The highest BCUT2D eigenvalue weighted by Gasteiger charge is 2.29. The average molecular weight is 357 g/mol. The van der Waals surface area contributed by atoms with Crippen LogP contribution in [0.2, 0.25) is 0 Å². The second-order valence-corrected chi connectivity index (χ2v) is 6.30. The normalized spacial score (nSPS) is 13.4. The fourth-order valence-electron chi connectivity index (χ4n) is 3.04. The summed E-state index contributed by atoms with van der Waals surface area (Å²) in [5.41, 5.74) is 2.19. The quantitative estimate of drug-likeness (QED) is 0.788. The number of pyridine rings is 1. The number of fused-ring (bicyclic) bond motifs is 1. The van der Waals surface area contributed by atoms with Crippen molar-refractivity contribution in [2.45, 2.75) is 13.0 Å². The number of ether oxygens (including phenoxy) is 1. The molecule has 0 fully saturated rings.